The van der Waals surface area contributed by atoms with Crippen molar-refractivity contribution in [2.45, 2.75) is 26.7 Å². The van der Waals surface area contributed by atoms with E-state index >= 15 is 0 Å². The molecule has 1 atom stereocenters. The van der Waals surface area contributed by atoms with Crippen molar-refractivity contribution in [1.29, 1.82) is 0 Å². The lowest BCUT2D eigenvalue weighted by molar-refractivity contribution is 0.0924. The maximum atomic E-state index is 12.2. The van der Waals surface area contributed by atoms with E-state index in [4.69, 9.17) is 0 Å². The van der Waals surface area contributed by atoms with Gasteiger partial charge in [-0.05, 0) is 18.6 Å². The Hall–Kier alpha value is -1.31. The standard InChI is InChI=1S/C14H21NO/c1-5-8-11(2)14(16)12-9-6-7-10-13(12)15(3)4/h6-7,9-11H,5,8H2,1-4H3. The summed E-state index contributed by atoms with van der Waals surface area (Å²) in [5.41, 5.74) is 1.85. The van der Waals surface area contributed by atoms with Crippen LogP contribution in [0.5, 0.6) is 0 Å². The summed E-state index contributed by atoms with van der Waals surface area (Å²) < 4.78 is 0. The fourth-order valence-electron chi connectivity index (χ4n) is 1.90. The van der Waals surface area contributed by atoms with Crippen molar-refractivity contribution in [2.24, 2.45) is 5.92 Å². The molecular weight excluding hydrogens is 198 g/mol. The minimum absolute atomic E-state index is 0.117. The SMILES string of the molecule is CCCC(C)C(=O)c1ccccc1N(C)C. The van der Waals surface area contributed by atoms with Crippen molar-refractivity contribution in [3.05, 3.63) is 29.8 Å². The van der Waals surface area contributed by atoms with Gasteiger partial charge in [-0.2, -0.15) is 0 Å². The summed E-state index contributed by atoms with van der Waals surface area (Å²) in [4.78, 5) is 14.2. The summed E-state index contributed by atoms with van der Waals surface area (Å²) in [6, 6.07) is 7.81. The summed E-state index contributed by atoms with van der Waals surface area (Å²) in [7, 11) is 3.94. The summed E-state index contributed by atoms with van der Waals surface area (Å²) in [6.07, 6.45) is 2.01. The van der Waals surface area contributed by atoms with Gasteiger partial charge in [-0.3, -0.25) is 4.79 Å². The highest BCUT2D eigenvalue weighted by atomic mass is 16.1. The zero-order chi connectivity index (χ0) is 12.1. The molecule has 0 amide bonds. The van der Waals surface area contributed by atoms with Crippen molar-refractivity contribution in [1.82, 2.24) is 0 Å². The van der Waals surface area contributed by atoms with E-state index in [0.717, 1.165) is 24.1 Å². The smallest absolute Gasteiger partial charge is 0.167 e. The van der Waals surface area contributed by atoms with Crippen LogP contribution in [-0.4, -0.2) is 19.9 Å². The van der Waals surface area contributed by atoms with Gasteiger partial charge in [-0.25, -0.2) is 0 Å². The molecular formula is C14H21NO. The van der Waals surface area contributed by atoms with Crippen LogP contribution in [0.3, 0.4) is 0 Å². The average Bonchev–Trinajstić information content (AvgIpc) is 2.28. The Labute approximate surface area is 98.3 Å². The number of Topliss-reactive ketones (excluding diaryl/α,β-unsaturated/α-hetero) is 1. The minimum atomic E-state index is 0.117. The predicted molar refractivity (Wildman–Crippen MR) is 69.2 cm³/mol. The molecule has 0 saturated carbocycles. The van der Waals surface area contributed by atoms with Gasteiger partial charge in [0, 0.05) is 31.3 Å². The maximum absolute atomic E-state index is 12.2. The highest BCUT2D eigenvalue weighted by Crippen LogP contribution is 2.22. The van der Waals surface area contributed by atoms with Crippen molar-refractivity contribution < 1.29 is 4.79 Å². The van der Waals surface area contributed by atoms with Gasteiger partial charge < -0.3 is 4.90 Å². The third-order valence-electron chi connectivity index (χ3n) is 2.82. The zero-order valence-electron chi connectivity index (χ0n) is 10.7. The average molecular weight is 219 g/mol. The summed E-state index contributed by atoms with van der Waals surface area (Å²) in [6.45, 7) is 4.12. The number of ketones is 1. The Morgan fingerprint density at radius 1 is 1.31 bits per heavy atom. The molecule has 2 heteroatoms. The Morgan fingerprint density at radius 3 is 2.50 bits per heavy atom. The molecule has 1 rings (SSSR count). The first-order valence-electron chi connectivity index (χ1n) is 5.88. The second kappa shape index (κ2) is 5.69. The van der Waals surface area contributed by atoms with Gasteiger partial charge >= 0.3 is 0 Å². The quantitative estimate of drug-likeness (QED) is 0.708. The van der Waals surface area contributed by atoms with Gasteiger partial charge in [0.15, 0.2) is 5.78 Å². The molecule has 0 aliphatic heterocycles. The number of nitrogens with zero attached hydrogens (tertiary/aromatic N) is 1. The topological polar surface area (TPSA) is 20.3 Å². The van der Waals surface area contributed by atoms with E-state index in [1.54, 1.807) is 0 Å². The zero-order valence-corrected chi connectivity index (χ0v) is 10.7. The number of anilines is 1. The Kier molecular flexibility index (Phi) is 4.53. The van der Waals surface area contributed by atoms with E-state index in [0.29, 0.717) is 0 Å². The van der Waals surface area contributed by atoms with Crippen LogP contribution in [-0.2, 0) is 0 Å². The highest BCUT2D eigenvalue weighted by Gasteiger charge is 2.17. The molecule has 1 unspecified atom stereocenters. The van der Waals surface area contributed by atoms with Crippen molar-refractivity contribution in [3.8, 4) is 0 Å². The monoisotopic (exact) mass is 219 g/mol. The first-order valence-corrected chi connectivity index (χ1v) is 5.88. The normalized spacial score (nSPS) is 12.2. The fourth-order valence-corrected chi connectivity index (χ4v) is 1.90. The Morgan fingerprint density at radius 2 is 1.94 bits per heavy atom. The number of hydrogen-bond acceptors (Lipinski definition) is 2. The predicted octanol–water partition coefficient (Wildman–Crippen LogP) is 3.37. The van der Waals surface area contributed by atoms with E-state index in [1.165, 1.54) is 0 Å². The first-order chi connectivity index (χ1) is 7.57. The molecule has 0 radical (unpaired) electrons. The van der Waals surface area contributed by atoms with E-state index < -0.39 is 0 Å². The third-order valence-corrected chi connectivity index (χ3v) is 2.82. The minimum Gasteiger partial charge on any atom is -0.377 e. The van der Waals surface area contributed by atoms with Crippen LogP contribution < -0.4 is 4.90 Å². The molecule has 0 bridgehead atoms. The molecule has 2 nitrogen and oxygen atoms in total. The number of hydrogen-bond donors (Lipinski definition) is 0. The van der Waals surface area contributed by atoms with E-state index in [9.17, 15) is 4.79 Å². The van der Waals surface area contributed by atoms with E-state index in [1.807, 2.05) is 50.2 Å². The summed E-state index contributed by atoms with van der Waals surface area (Å²) >= 11 is 0. The number of rotatable bonds is 5. The lowest BCUT2D eigenvalue weighted by atomic mass is 9.94. The van der Waals surface area contributed by atoms with Crippen LogP contribution in [0.15, 0.2) is 24.3 Å². The van der Waals surface area contributed by atoms with Crippen LogP contribution >= 0.6 is 0 Å². The first kappa shape index (κ1) is 12.8. The van der Waals surface area contributed by atoms with Gasteiger partial charge in [0.25, 0.3) is 0 Å². The molecule has 0 saturated heterocycles. The van der Waals surface area contributed by atoms with E-state index in [2.05, 4.69) is 6.92 Å². The van der Waals surface area contributed by atoms with Crippen LogP contribution in [0.1, 0.15) is 37.0 Å². The van der Waals surface area contributed by atoms with Gasteiger partial charge in [-0.15, -0.1) is 0 Å². The maximum Gasteiger partial charge on any atom is 0.167 e. The molecule has 0 aromatic heterocycles. The number of carbonyl (C=O) groups is 1. The lowest BCUT2D eigenvalue weighted by Gasteiger charge is -2.18. The fraction of sp³-hybridized carbons (Fsp3) is 0.500. The molecule has 16 heavy (non-hydrogen) atoms. The van der Waals surface area contributed by atoms with Crippen molar-refractivity contribution in [3.63, 3.8) is 0 Å². The van der Waals surface area contributed by atoms with Gasteiger partial charge in [0.05, 0.1) is 0 Å². The highest BCUT2D eigenvalue weighted by molar-refractivity contribution is 6.02. The lowest BCUT2D eigenvalue weighted by Crippen LogP contribution is -2.17. The van der Waals surface area contributed by atoms with Crippen LogP contribution in [0.25, 0.3) is 0 Å². The summed E-state index contributed by atoms with van der Waals surface area (Å²) in [5, 5.41) is 0. The van der Waals surface area contributed by atoms with Gasteiger partial charge in [-0.1, -0.05) is 32.4 Å². The molecule has 0 N–H and O–H groups in total. The van der Waals surface area contributed by atoms with Gasteiger partial charge in [0.2, 0.25) is 0 Å². The molecule has 0 fully saturated rings. The van der Waals surface area contributed by atoms with Gasteiger partial charge in [0.1, 0.15) is 0 Å². The molecule has 1 aromatic rings. The third kappa shape index (κ3) is 2.84. The molecule has 0 spiro atoms. The van der Waals surface area contributed by atoms with Crippen molar-refractivity contribution in [2.75, 3.05) is 19.0 Å². The van der Waals surface area contributed by atoms with Crippen molar-refractivity contribution >= 4 is 11.5 Å². The number of benzene rings is 1. The molecule has 1 aromatic carbocycles. The summed E-state index contributed by atoms with van der Waals surface area (Å²) in [5.74, 6) is 0.372. The van der Waals surface area contributed by atoms with E-state index in [-0.39, 0.29) is 11.7 Å². The van der Waals surface area contributed by atoms with Crippen LogP contribution in [0.4, 0.5) is 5.69 Å². The Balaban J connectivity index is 2.99. The number of carbonyl (C=O) groups excluding carboxylic acids is 1. The Bertz CT molecular complexity index is 358. The molecule has 0 heterocycles. The molecule has 88 valence electrons. The molecule has 0 aliphatic rings. The molecule has 0 aliphatic carbocycles. The second-order valence-corrected chi connectivity index (χ2v) is 4.47. The van der Waals surface area contributed by atoms with Crippen LogP contribution in [0, 0.1) is 5.92 Å². The largest absolute Gasteiger partial charge is 0.377 e. The number of para-hydroxylation sites is 1. The second-order valence-electron chi connectivity index (χ2n) is 4.47. The van der Waals surface area contributed by atoms with Crippen LogP contribution in [0.2, 0.25) is 0 Å².